The van der Waals surface area contributed by atoms with Gasteiger partial charge in [-0.15, -0.1) is 10.2 Å². The smallest absolute Gasteiger partial charge is 0.259 e. The number of aryl methyl sites for hydroxylation is 1. The number of carbonyl (C=O) groups excluding carboxylic acids is 1. The van der Waals surface area contributed by atoms with Crippen LogP contribution in [-0.4, -0.2) is 49.2 Å². The van der Waals surface area contributed by atoms with Crippen molar-refractivity contribution in [2.45, 2.75) is 32.9 Å². The number of nitrogens with zero attached hydrogens (tertiary/aromatic N) is 6. The van der Waals surface area contributed by atoms with Gasteiger partial charge in [0, 0.05) is 31.7 Å². The fourth-order valence-corrected chi connectivity index (χ4v) is 3.43. The zero-order chi connectivity index (χ0) is 22.7. The summed E-state index contributed by atoms with van der Waals surface area (Å²) in [6.45, 7) is 5.21. The van der Waals surface area contributed by atoms with Crippen LogP contribution < -0.4 is 5.32 Å². The Morgan fingerprint density at radius 1 is 1.28 bits per heavy atom. The monoisotopic (exact) mass is 437 g/mol. The molecule has 0 spiro atoms. The van der Waals surface area contributed by atoms with Crippen LogP contribution in [0.25, 0.3) is 22.4 Å². The molecule has 0 aliphatic heterocycles. The molecule has 0 aliphatic carbocycles. The molecule has 0 saturated carbocycles. The average molecular weight is 437 g/mol. The Kier molecular flexibility index (Phi) is 6.22. The molecule has 0 unspecified atom stereocenters. The summed E-state index contributed by atoms with van der Waals surface area (Å²) in [6.07, 6.45) is 3.97. The van der Waals surface area contributed by atoms with Crippen LogP contribution in [0.3, 0.4) is 0 Å². The van der Waals surface area contributed by atoms with Crippen molar-refractivity contribution in [1.29, 1.82) is 0 Å². The fraction of sp³-hybridized carbons (Fsp3) is 0.318. The van der Waals surface area contributed by atoms with Gasteiger partial charge in [0.2, 0.25) is 0 Å². The maximum Gasteiger partial charge on any atom is 0.259 e. The second-order valence-electron chi connectivity index (χ2n) is 7.62. The first-order valence-electron chi connectivity index (χ1n) is 10.3. The maximum absolute atomic E-state index is 14.7. The molecule has 3 aromatic heterocycles. The van der Waals surface area contributed by atoms with Gasteiger partial charge in [-0.25, -0.2) is 9.37 Å². The van der Waals surface area contributed by atoms with Crippen molar-refractivity contribution in [3.05, 3.63) is 54.2 Å². The normalized spacial score (nSPS) is 11.4. The van der Waals surface area contributed by atoms with Gasteiger partial charge in [-0.05, 0) is 44.5 Å². The molecule has 0 fully saturated rings. The maximum atomic E-state index is 14.7. The number of nitrogens with one attached hydrogen (secondary N) is 1. The molecule has 1 aromatic carbocycles. The minimum Gasteiger partial charge on any atom is -0.385 e. The first-order chi connectivity index (χ1) is 15.5. The van der Waals surface area contributed by atoms with Gasteiger partial charge in [-0.3, -0.25) is 9.48 Å². The van der Waals surface area contributed by atoms with Crippen LogP contribution in [-0.2, 0) is 11.3 Å². The third-order valence-electron chi connectivity index (χ3n) is 5.04. The highest BCUT2D eigenvalue weighted by Gasteiger charge is 2.17. The molecule has 3 heterocycles. The lowest BCUT2D eigenvalue weighted by Crippen LogP contribution is -2.15. The topological polar surface area (TPSA) is 99.8 Å². The summed E-state index contributed by atoms with van der Waals surface area (Å²) < 4.78 is 23.4. The Balaban J connectivity index is 1.59. The number of hydrogen-bond acceptors (Lipinski definition) is 6. The van der Waals surface area contributed by atoms with E-state index in [1.54, 1.807) is 42.5 Å². The largest absolute Gasteiger partial charge is 0.385 e. The van der Waals surface area contributed by atoms with Crippen molar-refractivity contribution in [2.24, 2.45) is 0 Å². The summed E-state index contributed by atoms with van der Waals surface area (Å²) in [4.78, 5) is 17.3. The molecule has 0 bridgehead atoms. The number of methoxy groups -OCH3 is 1. The van der Waals surface area contributed by atoms with Crippen molar-refractivity contribution in [2.75, 3.05) is 19.0 Å². The van der Waals surface area contributed by atoms with E-state index >= 15 is 0 Å². The zero-order valence-electron chi connectivity index (χ0n) is 18.1. The molecule has 0 saturated heterocycles. The number of pyridine rings is 1. The van der Waals surface area contributed by atoms with Gasteiger partial charge in [0.15, 0.2) is 5.82 Å². The van der Waals surface area contributed by atoms with Crippen LogP contribution >= 0.6 is 0 Å². The van der Waals surface area contributed by atoms with E-state index in [-0.39, 0.29) is 11.6 Å². The second kappa shape index (κ2) is 9.23. The number of aromatic nitrogens is 6. The summed E-state index contributed by atoms with van der Waals surface area (Å²) in [5, 5.41) is 15.7. The highest BCUT2D eigenvalue weighted by Crippen LogP contribution is 2.22. The Labute approximate surface area is 184 Å². The average Bonchev–Trinajstić information content (AvgIpc) is 3.41. The molecule has 9 nitrogen and oxygen atoms in total. The molecule has 32 heavy (non-hydrogen) atoms. The predicted octanol–water partition coefficient (Wildman–Crippen LogP) is 3.70. The first-order valence-corrected chi connectivity index (χ1v) is 10.3. The predicted molar refractivity (Wildman–Crippen MR) is 118 cm³/mol. The van der Waals surface area contributed by atoms with Gasteiger partial charge in [-0.1, -0.05) is 6.07 Å². The van der Waals surface area contributed by atoms with E-state index in [1.807, 2.05) is 18.4 Å². The SMILES string of the molecule is COCCCn1ncc2cc(F)c(C(=O)Nc3cccc(-c4nncn4C(C)C)n3)cc21. The van der Waals surface area contributed by atoms with Gasteiger partial charge in [-0.2, -0.15) is 5.10 Å². The lowest BCUT2D eigenvalue weighted by molar-refractivity contribution is 0.102. The minimum atomic E-state index is -0.623. The van der Waals surface area contributed by atoms with E-state index in [0.717, 1.165) is 6.42 Å². The standard InChI is InChI=1S/C22H24FN7O2/c1-14(2)29-13-24-28-21(29)18-6-4-7-20(26-18)27-22(31)16-11-19-15(10-17(16)23)12-25-30(19)8-5-9-32-3/h4,6-7,10-14H,5,8-9H2,1-3H3,(H,26,27,31). The van der Waals surface area contributed by atoms with E-state index in [1.165, 1.54) is 12.1 Å². The fourth-order valence-electron chi connectivity index (χ4n) is 3.43. The molecule has 0 atom stereocenters. The molecular formula is C22H24FN7O2. The third kappa shape index (κ3) is 4.35. The Hall–Kier alpha value is -3.66. The minimum absolute atomic E-state index is 0.0801. The highest BCUT2D eigenvalue weighted by atomic mass is 19.1. The molecule has 10 heteroatoms. The quantitative estimate of drug-likeness (QED) is 0.422. The van der Waals surface area contributed by atoms with Gasteiger partial charge < -0.3 is 14.6 Å². The molecule has 4 rings (SSSR count). The van der Waals surface area contributed by atoms with E-state index in [9.17, 15) is 9.18 Å². The molecule has 0 radical (unpaired) electrons. The number of rotatable bonds is 8. The molecule has 166 valence electrons. The summed E-state index contributed by atoms with van der Waals surface area (Å²) in [5.74, 6) is -0.339. The Morgan fingerprint density at radius 3 is 2.91 bits per heavy atom. The van der Waals surface area contributed by atoms with Gasteiger partial charge >= 0.3 is 0 Å². The van der Waals surface area contributed by atoms with Crippen LogP contribution in [0.5, 0.6) is 0 Å². The van der Waals surface area contributed by atoms with E-state index in [2.05, 4.69) is 25.6 Å². The van der Waals surface area contributed by atoms with E-state index in [0.29, 0.717) is 41.4 Å². The van der Waals surface area contributed by atoms with E-state index < -0.39 is 11.7 Å². The summed E-state index contributed by atoms with van der Waals surface area (Å²) >= 11 is 0. The summed E-state index contributed by atoms with van der Waals surface area (Å²) in [6, 6.07) is 8.15. The number of fused-ring (bicyclic) bond motifs is 1. The number of hydrogen-bond donors (Lipinski definition) is 1. The van der Waals surface area contributed by atoms with Crippen molar-refractivity contribution >= 4 is 22.6 Å². The Morgan fingerprint density at radius 2 is 2.12 bits per heavy atom. The summed E-state index contributed by atoms with van der Waals surface area (Å²) in [5.41, 5.74) is 1.16. The highest BCUT2D eigenvalue weighted by molar-refractivity contribution is 6.06. The summed E-state index contributed by atoms with van der Waals surface area (Å²) in [7, 11) is 1.63. The molecule has 1 N–H and O–H groups in total. The third-order valence-corrected chi connectivity index (χ3v) is 5.04. The molecule has 1 amide bonds. The van der Waals surface area contributed by atoms with Crippen molar-refractivity contribution in [1.82, 2.24) is 29.5 Å². The van der Waals surface area contributed by atoms with Crippen molar-refractivity contribution in [3.8, 4) is 11.5 Å². The first kappa shape index (κ1) is 21.6. The number of anilines is 1. The number of carbonyl (C=O) groups is 1. The van der Waals surface area contributed by atoms with Crippen LogP contribution in [0, 0.1) is 5.82 Å². The van der Waals surface area contributed by atoms with Crippen LogP contribution in [0.15, 0.2) is 42.9 Å². The number of amides is 1. The van der Waals surface area contributed by atoms with E-state index in [4.69, 9.17) is 4.74 Å². The molecular weight excluding hydrogens is 413 g/mol. The molecule has 4 aromatic rings. The lowest BCUT2D eigenvalue weighted by Gasteiger charge is -2.11. The van der Waals surface area contributed by atoms with Crippen LogP contribution in [0.2, 0.25) is 0 Å². The van der Waals surface area contributed by atoms with Gasteiger partial charge in [0.05, 0.1) is 17.3 Å². The Bertz CT molecular complexity index is 1250. The van der Waals surface area contributed by atoms with Crippen molar-refractivity contribution in [3.63, 3.8) is 0 Å². The van der Waals surface area contributed by atoms with Gasteiger partial charge in [0.1, 0.15) is 23.7 Å². The van der Waals surface area contributed by atoms with Crippen LogP contribution in [0.4, 0.5) is 10.2 Å². The zero-order valence-corrected chi connectivity index (χ0v) is 18.1. The number of benzene rings is 1. The van der Waals surface area contributed by atoms with Gasteiger partial charge in [0.25, 0.3) is 5.91 Å². The number of halogens is 1. The number of ether oxygens (including phenoxy) is 1. The second-order valence-corrected chi connectivity index (χ2v) is 7.62. The lowest BCUT2D eigenvalue weighted by atomic mass is 10.1. The molecule has 0 aliphatic rings. The van der Waals surface area contributed by atoms with Crippen LogP contribution in [0.1, 0.15) is 36.7 Å². The van der Waals surface area contributed by atoms with Crippen molar-refractivity contribution < 1.29 is 13.9 Å².